The number of hydrogen-bond donors (Lipinski definition) is 0. The zero-order valence-electron chi connectivity index (χ0n) is 21.8. The SMILES string of the molecule is CCCCCCP(CCCCCC)C1=CC=CC1P(CCCCCC)CCCCCC. The fourth-order valence-corrected chi connectivity index (χ4v) is 11.3. The van der Waals surface area contributed by atoms with Gasteiger partial charge in [0.15, 0.2) is 0 Å². The molecule has 1 atom stereocenters. The third-order valence-electron chi connectivity index (χ3n) is 6.78. The van der Waals surface area contributed by atoms with E-state index in [1.807, 2.05) is 5.31 Å². The van der Waals surface area contributed by atoms with E-state index in [9.17, 15) is 0 Å². The fourth-order valence-electron chi connectivity index (χ4n) is 4.76. The van der Waals surface area contributed by atoms with E-state index >= 15 is 0 Å². The Morgan fingerprint density at radius 1 is 0.548 bits per heavy atom. The van der Waals surface area contributed by atoms with Crippen LogP contribution in [-0.2, 0) is 0 Å². The maximum atomic E-state index is 2.65. The van der Waals surface area contributed by atoms with E-state index in [2.05, 4.69) is 45.9 Å². The quantitative estimate of drug-likeness (QED) is 0.110. The molecule has 0 saturated heterocycles. The van der Waals surface area contributed by atoms with Crippen molar-refractivity contribution >= 4 is 15.8 Å². The summed E-state index contributed by atoms with van der Waals surface area (Å²) in [5.41, 5.74) is 0.849. The lowest BCUT2D eigenvalue weighted by molar-refractivity contribution is 0.694. The Kier molecular flexibility index (Phi) is 19.8. The van der Waals surface area contributed by atoms with Crippen molar-refractivity contribution in [3.05, 3.63) is 23.5 Å². The molecule has 0 heterocycles. The van der Waals surface area contributed by atoms with Crippen molar-refractivity contribution in [1.29, 1.82) is 0 Å². The largest absolute Gasteiger partial charge is 0.0950 e. The third-order valence-corrected chi connectivity index (χ3v) is 12.9. The smallest absolute Gasteiger partial charge is 0.0228 e. The number of unbranched alkanes of at least 4 members (excludes halogenated alkanes) is 12. The zero-order chi connectivity index (χ0) is 22.6. The Morgan fingerprint density at radius 2 is 0.968 bits per heavy atom. The second kappa shape index (κ2) is 20.9. The first-order valence-electron chi connectivity index (χ1n) is 14.2. The molecule has 0 N–H and O–H groups in total. The molecule has 2 heteroatoms. The number of hydrogen-bond acceptors (Lipinski definition) is 0. The molecule has 0 aromatic rings. The van der Waals surface area contributed by atoms with Gasteiger partial charge in [0.05, 0.1) is 0 Å². The van der Waals surface area contributed by atoms with Gasteiger partial charge in [-0.25, -0.2) is 0 Å². The molecule has 1 unspecified atom stereocenters. The molecule has 0 aromatic heterocycles. The van der Waals surface area contributed by atoms with Crippen molar-refractivity contribution in [2.24, 2.45) is 0 Å². The van der Waals surface area contributed by atoms with Crippen LogP contribution in [0.1, 0.15) is 130 Å². The first kappa shape index (κ1) is 29.4. The molecule has 182 valence electrons. The summed E-state index contributed by atoms with van der Waals surface area (Å²) in [5.74, 6) is 0. The zero-order valence-corrected chi connectivity index (χ0v) is 23.6. The Balaban J connectivity index is 2.75. The predicted molar refractivity (Wildman–Crippen MR) is 151 cm³/mol. The van der Waals surface area contributed by atoms with Crippen LogP contribution in [0.5, 0.6) is 0 Å². The molecule has 31 heavy (non-hydrogen) atoms. The van der Waals surface area contributed by atoms with Crippen molar-refractivity contribution in [1.82, 2.24) is 0 Å². The van der Waals surface area contributed by atoms with Gasteiger partial charge in [0.25, 0.3) is 0 Å². The van der Waals surface area contributed by atoms with Gasteiger partial charge in [-0.15, -0.1) is 0 Å². The first-order chi connectivity index (χ1) is 15.3. The van der Waals surface area contributed by atoms with Crippen LogP contribution in [0.15, 0.2) is 23.5 Å². The highest BCUT2D eigenvalue weighted by atomic mass is 31.1. The minimum atomic E-state index is 0.105. The maximum absolute atomic E-state index is 2.65. The number of allylic oxidation sites excluding steroid dienone is 4. The summed E-state index contributed by atoms with van der Waals surface area (Å²) in [5, 5.41) is 1.93. The molecular weight excluding hydrogens is 410 g/mol. The third kappa shape index (κ3) is 13.6. The standard InChI is InChI=1S/C29H56P2/c1-5-9-13-17-24-30(25-18-14-10-6-2)28-22-21-23-29(28)31(26-19-15-11-7-3)27-20-16-12-8-4/h21-23,28H,5-20,24-27H2,1-4H3. The molecule has 0 bridgehead atoms. The van der Waals surface area contributed by atoms with Crippen LogP contribution < -0.4 is 0 Å². The molecule has 0 aliphatic heterocycles. The fraction of sp³-hybridized carbons (Fsp3) is 0.862. The van der Waals surface area contributed by atoms with E-state index < -0.39 is 0 Å². The molecular formula is C29H56P2. The molecule has 0 spiro atoms. The molecule has 0 radical (unpaired) electrons. The van der Waals surface area contributed by atoms with Crippen molar-refractivity contribution < 1.29 is 0 Å². The number of rotatable bonds is 22. The molecule has 0 saturated carbocycles. The highest BCUT2D eigenvalue weighted by molar-refractivity contribution is 7.65. The minimum Gasteiger partial charge on any atom is -0.0950 e. The summed E-state index contributed by atoms with van der Waals surface area (Å²) in [6.45, 7) is 9.38. The molecule has 1 aliphatic rings. The van der Waals surface area contributed by atoms with E-state index in [1.165, 1.54) is 127 Å². The van der Waals surface area contributed by atoms with E-state index in [0.717, 1.165) is 5.66 Å². The second-order valence-corrected chi connectivity index (χ2v) is 14.8. The van der Waals surface area contributed by atoms with E-state index in [-0.39, 0.29) is 15.8 Å². The molecule has 0 amide bonds. The summed E-state index contributed by atoms with van der Waals surface area (Å²) in [6.07, 6.45) is 36.7. The predicted octanol–water partition coefficient (Wildman–Crippen LogP) is 11.1. The molecule has 1 rings (SSSR count). The van der Waals surface area contributed by atoms with Gasteiger partial charge in [0.2, 0.25) is 0 Å². The van der Waals surface area contributed by atoms with E-state index in [0.29, 0.717) is 0 Å². The van der Waals surface area contributed by atoms with Gasteiger partial charge in [-0.3, -0.25) is 0 Å². The molecule has 1 aliphatic carbocycles. The van der Waals surface area contributed by atoms with Crippen LogP contribution >= 0.6 is 15.8 Å². The van der Waals surface area contributed by atoms with Gasteiger partial charge in [-0.2, -0.15) is 0 Å². The minimum absolute atomic E-state index is 0.105. The van der Waals surface area contributed by atoms with Crippen molar-refractivity contribution in [3.63, 3.8) is 0 Å². The molecule has 0 nitrogen and oxygen atoms in total. The van der Waals surface area contributed by atoms with E-state index in [4.69, 9.17) is 0 Å². The normalized spacial score (nSPS) is 16.1. The lowest BCUT2D eigenvalue weighted by Crippen LogP contribution is -2.10. The highest BCUT2D eigenvalue weighted by Gasteiger charge is 2.28. The highest BCUT2D eigenvalue weighted by Crippen LogP contribution is 2.59. The van der Waals surface area contributed by atoms with Crippen LogP contribution in [0.4, 0.5) is 0 Å². The Labute approximate surface area is 200 Å². The van der Waals surface area contributed by atoms with E-state index in [1.54, 1.807) is 0 Å². The summed E-state index contributed by atoms with van der Waals surface area (Å²) >= 11 is 0. The Morgan fingerprint density at radius 3 is 1.39 bits per heavy atom. The second-order valence-electron chi connectivity index (χ2n) is 9.69. The van der Waals surface area contributed by atoms with Crippen molar-refractivity contribution in [2.75, 3.05) is 24.6 Å². The topological polar surface area (TPSA) is 0 Å². The van der Waals surface area contributed by atoms with Crippen LogP contribution in [0.2, 0.25) is 0 Å². The van der Waals surface area contributed by atoms with Gasteiger partial charge in [-0.05, 0) is 55.6 Å². The lowest BCUT2D eigenvalue weighted by Gasteiger charge is -2.31. The van der Waals surface area contributed by atoms with Crippen LogP contribution in [0, 0.1) is 0 Å². The van der Waals surface area contributed by atoms with Crippen molar-refractivity contribution in [3.8, 4) is 0 Å². The Hall–Kier alpha value is 0.340. The van der Waals surface area contributed by atoms with Gasteiger partial charge < -0.3 is 0 Å². The molecule has 0 fully saturated rings. The summed E-state index contributed by atoms with van der Waals surface area (Å²) in [4.78, 5) is 0. The average molecular weight is 467 g/mol. The summed E-state index contributed by atoms with van der Waals surface area (Å²) < 4.78 is 0. The van der Waals surface area contributed by atoms with Gasteiger partial charge >= 0.3 is 0 Å². The maximum Gasteiger partial charge on any atom is 0.0228 e. The lowest BCUT2D eigenvalue weighted by atomic mass is 10.2. The summed E-state index contributed by atoms with van der Waals surface area (Å²) in [7, 11) is 0.256. The Bertz CT molecular complexity index is 430. The van der Waals surface area contributed by atoms with Crippen molar-refractivity contribution in [2.45, 2.75) is 136 Å². The van der Waals surface area contributed by atoms with Gasteiger partial charge in [-0.1, -0.05) is 139 Å². The van der Waals surface area contributed by atoms with Crippen LogP contribution in [-0.4, -0.2) is 30.3 Å². The average Bonchev–Trinajstić information content (AvgIpc) is 3.26. The van der Waals surface area contributed by atoms with Crippen LogP contribution in [0.3, 0.4) is 0 Å². The monoisotopic (exact) mass is 466 g/mol. The van der Waals surface area contributed by atoms with Gasteiger partial charge in [0.1, 0.15) is 0 Å². The molecule has 0 aromatic carbocycles. The summed E-state index contributed by atoms with van der Waals surface area (Å²) in [6, 6.07) is 0. The van der Waals surface area contributed by atoms with Crippen LogP contribution in [0.25, 0.3) is 0 Å². The first-order valence-corrected chi connectivity index (χ1v) is 17.6. The van der Waals surface area contributed by atoms with Gasteiger partial charge in [0, 0.05) is 5.66 Å².